The third-order valence-electron chi connectivity index (χ3n) is 9.05. The Kier molecular flexibility index (Phi) is 6.75. The van der Waals surface area contributed by atoms with Gasteiger partial charge in [0.15, 0.2) is 0 Å². The lowest BCUT2D eigenvalue weighted by Gasteiger charge is -2.51. The predicted molar refractivity (Wildman–Crippen MR) is 136 cm³/mol. The standard InChI is InChI=1S/C28H43N3O3/c1-26(2)19-23(29-25(33)20-8-10-21(11-9-20)30(4)5)28(15-14-27(3,34)18-22(26)28)13-12-24(32)31-16-6-7-17-31/h8-11,22-23,34H,6-7,12-19H2,1-5H3,(H,29,33). The average molecular weight is 470 g/mol. The number of fused-ring (bicyclic) bond motifs is 1. The topological polar surface area (TPSA) is 72.9 Å². The van der Waals surface area contributed by atoms with Gasteiger partial charge in [0.2, 0.25) is 5.91 Å². The van der Waals surface area contributed by atoms with Crippen LogP contribution in [0.4, 0.5) is 5.69 Å². The molecule has 34 heavy (non-hydrogen) atoms. The van der Waals surface area contributed by atoms with Crippen LogP contribution in [0.1, 0.15) is 82.5 Å². The van der Waals surface area contributed by atoms with Crippen molar-refractivity contribution in [2.45, 2.75) is 83.8 Å². The van der Waals surface area contributed by atoms with Gasteiger partial charge in [-0.2, -0.15) is 0 Å². The van der Waals surface area contributed by atoms with E-state index in [0.717, 1.165) is 57.3 Å². The zero-order chi connectivity index (χ0) is 24.7. The van der Waals surface area contributed by atoms with Crippen molar-refractivity contribution in [3.8, 4) is 0 Å². The second-order valence-corrected chi connectivity index (χ2v) is 12.2. The summed E-state index contributed by atoms with van der Waals surface area (Å²) < 4.78 is 0. The van der Waals surface area contributed by atoms with Gasteiger partial charge in [0.1, 0.15) is 0 Å². The van der Waals surface area contributed by atoms with Gasteiger partial charge in [-0.1, -0.05) is 13.8 Å². The van der Waals surface area contributed by atoms with Gasteiger partial charge in [-0.25, -0.2) is 0 Å². The van der Waals surface area contributed by atoms with Gasteiger partial charge in [-0.05, 0) is 92.9 Å². The van der Waals surface area contributed by atoms with Gasteiger partial charge in [-0.3, -0.25) is 9.59 Å². The molecule has 4 rings (SSSR count). The molecule has 2 aliphatic carbocycles. The molecule has 0 bridgehead atoms. The van der Waals surface area contributed by atoms with Crippen LogP contribution in [0, 0.1) is 16.7 Å². The van der Waals surface area contributed by atoms with E-state index in [4.69, 9.17) is 0 Å². The van der Waals surface area contributed by atoms with Gasteiger partial charge >= 0.3 is 0 Å². The number of carbonyl (C=O) groups excluding carboxylic acids is 2. The van der Waals surface area contributed by atoms with E-state index in [-0.39, 0.29) is 34.6 Å². The third-order valence-corrected chi connectivity index (χ3v) is 9.05. The van der Waals surface area contributed by atoms with Crippen molar-refractivity contribution in [2.75, 3.05) is 32.1 Å². The van der Waals surface area contributed by atoms with E-state index in [0.29, 0.717) is 18.4 Å². The lowest BCUT2D eigenvalue weighted by molar-refractivity contribution is -0.132. The number of likely N-dealkylation sites (tertiary alicyclic amines) is 1. The largest absolute Gasteiger partial charge is 0.390 e. The summed E-state index contributed by atoms with van der Waals surface area (Å²) in [5, 5.41) is 14.4. The molecule has 1 heterocycles. The number of rotatable bonds is 6. The van der Waals surface area contributed by atoms with Gasteiger partial charge in [0.25, 0.3) is 5.91 Å². The van der Waals surface area contributed by atoms with Crippen LogP contribution in [0.5, 0.6) is 0 Å². The van der Waals surface area contributed by atoms with Gasteiger partial charge in [0, 0.05) is 50.9 Å². The van der Waals surface area contributed by atoms with Crippen LogP contribution in [-0.2, 0) is 4.79 Å². The Morgan fingerprint density at radius 1 is 1.06 bits per heavy atom. The maximum absolute atomic E-state index is 13.3. The molecule has 4 atom stereocenters. The summed E-state index contributed by atoms with van der Waals surface area (Å²) in [7, 11) is 3.97. The highest BCUT2D eigenvalue weighted by Gasteiger charge is 2.61. The fourth-order valence-corrected chi connectivity index (χ4v) is 7.05. The number of benzene rings is 1. The summed E-state index contributed by atoms with van der Waals surface area (Å²) in [5.41, 5.74) is 0.849. The number of hydrogen-bond acceptors (Lipinski definition) is 4. The molecule has 1 aliphatic heterocycles. The van der Waals surface area contributed by atoms with Crippen LogP contribution in [0.25, 0.3) is 0 Å². The van der Waals surface area contributed by atoms with Crippen molar-refractivity contribution in [3.63, 3.8) is 0 Å². The second kappa shape index (κ2) is 9.18. The molecule has 0 radical (unpaired) electrons. The molecule has 2 amide bonds. The molecule has 0 spiro atoms. The normalized spacial score (nSPS) is 32.4. The number of nitrogens with one attached hydrogen (secondary N) is 1. The smallest absolute Gasteiger partial charge is 0.251 e. The number of nitrogens with zero attached hydrogens (tertiary/aromatic N) is 2. The number of aliphatic hydroxyl groups is 1. The molecule has 188 valence electrons. The molecule has 0 aromatic heterocycles. The molecule has 3 aliphatic rings. The van der Waals surface area contributed by atoms with E-state index in [2.05, 4.69) is 19.2 Å². The predicted octanol–water partition coefficient (Wildman–Crippen LogP) is 4.22. The minimum Gasteiger partial charge on any atom is -0.390 e. The van der Waals surface area contributed by atoms with Crippen molar-refractivity contribution < 1.29 is 14.7 Å². The Labute approximate surface area is 205 Å². The SMILES string of the molecule is CN(C)c1ccc(C(=O)NC2CC(C)(C)C3CC(C)(O)CCC23CCC(=O)N2CCCC2)cc1. The van der Waals surface area contributed by atoms with Crippen LogP contribution >= 0.6 is 0 Å². The highest BCUT2D eigenvalue weighted by molar-refractivity contribution is 5.94. The minimum atomic E-state index is -0.689. The monoisotopic (exact) mass is 469 g/mol. The molecular formula is C28H43N3O3. The van der Waals surface area contributed by atoms with Crippen LogP contribution in [0.2, 0.25) is 0 Å². The van der Waals surface area contributed by atoms with Crippen LogP contribution in [0.3, 0.4) is 0 Å². The van der Waals surface area contributed by atoms with Crippen molar-refractivity contribution in [3.05, 3.63) is 29.8 Å². The molecule has 3 fully saturated rings. The van der Waals surface area contributed by atoms with Crippen LogP contribution < -0.4 is 10.2 Å². The molecule has 2 N–H and O–H groups in total. The first-order valence-corrected chi connectivity index (χ1v) is 13.0. The Balaban J connectivity index is 1.57. The van der Waals surface area contributed by atoms with Crippen molar-refractivity contribution >= 4 is 17.5 Å². The lowest BCUT2D eigenvalue weighted by atomic mass is 9.57. The summed E-state index contributed by atoms with van der Waals surface area (Å²) >= 11 is 0. The number of hydrogen-bond donors (Lipinski definition) is 2. The first-order valence-electron chi connectivity index (χ1n) is 13.0. The highest BCUT2D eigenvalue weighted by Crippen LogP contribution is 2.64. The molecular weight excluding hydrogens is 426 g/mol. The fourth-order valence-electron chi connectivity index (χ4n) is 7.05. The number of carbonyl (C=O) groups is 2. The molecule has 6 nitrogen and oxygen atoms in total. The quantitative estimate of drug-likeness (QED) is 0.654. The Hall–Kier alpha value is -2.08. The Morgan fingerprint density at radius 2 is 1.71 bits per heavy atom. The highest BCUT2D eigenvalue weighted by atomic mass is 16.3. The molecule has 1 aromatic carbocycles. The molecule has 1 aromatic rings. The number of amides is 2. The molecule has 2 saturated carbocycles. The minimum absolute atomic E-state index is 0.00370. The van der Waals surface area contributed by atoms with Crippen LogP contribution in [-0.4, -0.2) is 60.6 Å². The van der Waals surface area contributed by atoms with Gasteiger partial charge in [0.05, 0.1) is 5.60 Å². The van der Waals surface area contributed by atoms with E-state index >= 15 is 0 Å². The van der Waals surface area contributed by atoms with E-state index in [1.54, 1.807) is 0 Å². The third kappa shape index (κ3) is 4.84. The van der Waals surface area contributed by atoms with Gasteiger partial charge in [-0.15, -0.1) is 0 Å². The van der Waals surface area contributed by atoms with Crippen LogP contribution in [0.15, 0.2) is 24.3 Å². The van der Waals surface area contributed by atoms with Crippen molar-refractivity contribution in [1.29, 1.82) is 0 Å². The summed E-state index contributed by atoms with van der Waals surface area (Å²) in [6.07, 6.45) is 6.64. The van der Waals surface area contributed by atoms with E-state index in [1.165, 1.54) is 0 Å². The first-order chi connectivity index (χ1) is 15.9. The first kappa shape index (κ1) is 25.0. The average Bonchev–Trinajstić information content (AvgIpc) is 3.38. The van der Waals surface area contributed by atoms with E-state index < -0.39 is 5.60 Å². The zero-order valence-electron chi connectivity index (χ0n) is 21.7. The molecule has 1 saturated heterocycles. The lowest BCUT2D eigenvalue weighted by Crippen LogP contribution is -2.52. The van der Waals surface area contributed by atoms with E-state index in [1.807, 2.05) is 55.1 Å². The maximum Gasteiger partial charge on any atom is 0.251 e. The second-order valence-electron chi connectivity index (χ2n) is 12.2. The summed E-state index contributed by atoms with van der Waals surface area (Å²) in [5.74, 6) is 0.461. The van der Waals surface area contributed by atoms with Crippen molar-refractivity contribution in [1.82, 2.24) is 10.2 Å². The maximum atomic E-state index is 13.3. The van der Waals surface area contributed by atoms with E-state index in [9.17, 15) is 14.7 Å². The summed E-state index contributed by atoms with van der Waals surface area (Å²) in [6.45, 7) is 8.24. The fraction of sp³-hybridized carbons (Fsp3) is 0.714. The number of anilines is 1. The van der Waals surface area contributed by atoms with Crippen molar-refractivity contribution in [2.24, 2.45) is 16.7 Å². The Morgan fingerprint density at radius 3 is 2.32 bits per heavy atom. The summed E-state index contributed by atoms with van der Waals surface area (Å²) in [6, 6.07) is 7.71. The summed E-state index contributed by atoms with van der Waals surface area (Å²) in [4.78, 5) is 30.3. The molecule has 4 unspecified atom stereocenters. The Bertz CT molecular complexity index is 902. The van der Waals surface area contributed by atoms with Gasteiger partial charge < -0.3 is 20.2 Å². The molecule has 6 heteroatoms. The zero-order valence-corrected chi connectivity index (χ0v) is 21.7.